The van der Waals surface area contributed by atoms with Crippen LogP contribution in [0.15, 0.2) is 42.6 Å². The smallest absolute Gasteiger partial charge is 0.0703 e. The van der Waals surface area contributed by atoms with E-state index in [4.69, 9.17) is 5.73 Å². The van der Waals surface area contributed by atoms with Crippen molar-refractivity contribution < 1.29 is 0 Å². The summed E-state index contributed by atoms with van der Waals surface area (Å²) in [5.74, 6) is 0. The summed E-state index contributed by atoms with van der Waals surface area (Å²) >= 11 is 0. The highest BCUT2D eigenvalue weighted by Crippen LogP contribution is 2.25. The van der Waals surface area contributed by atoms with Crippen molar-refractivity contribution in [3.05, 3.63) is 48.2 Å². The van der Waals surface area contributed by atoms with Gasteiger partial charge in [0.05, 0.1) is 17.6 Å². The Hall–Kier alpha value is -1.87. The van der Waals surface area contributed by atoms with Gasteiger partial charge in [-0.2, -0.15) is 0 Å². The van der Waals surface area contributed by atoms with Crippen LogP contribution >= 0.6 is 0 Å². The highest BCUT2D eigenvalue weighted by molar-refractivity contribution is 5.61. The number of hydrogen-bond acceptors (Lipinski definition) is 3. The van der Waals surface area contributed by atoms with Gasteiger partial charge in [-0.25, -0.2) is 0 Å². The molecule has 1 aromatic carbocycles. The van der Waals surface area contributed by atoms with E-state index in [1.165, 1.54) is 18.4 Å². The van der Waals surface area contributed by atoms with Crippen LogP contribution in [0.5, 0.6) is 0 Å². The molecule has 0 spiro atoms. The lowest BCUT2D eigenvalue weighted by atomic mass is 10.0. The number of pyridine rings is 1. The molecule has 2 heterocycles. The van der Waals surface area contributed by atoms with Gasteiger partial charge in [0.15, 0.2) is 0 Å². The molecule has 1 aliphatic heterocycles. The van der Waals surface area contributed by atoms with Crippen LogP contribution in [0.4, 0.5) is 5.69 Å². The first-order chi connectivity index (χ1) is 8.83. The molecule has 0 radical (unpaired) electrons. The molecule has 92 valence electrons. The first-order valence-corrected chi connectivity index (χ1v) is 6.38. The predicted octanol–water partition coefficient (Wildman–Crippen LogP) is 2.76. The fourth-order valence-corrected chi connectivity index (χ4v) is 2.43. The van der Waals surface area contributed by atoms with Gasteiger partial charge >= 0.3 is 0 Å². The third-order valence-corrected chi connectivity index (χ3v) is 3.46. The third-order valence-electron chi connectivity index (χ3n) is 3.46. The van der Waals surface area contributed by atoms with E-state index in [1.54, 1.807) is 6.20 Å². The van der Waals surface area contributed by atoms with Crippen LogP contribution in [0.1, 0.15) is 24.4 Å². The van der Waals surface area contributed by atoms with Gasteiger partial charge < -0.3 is 11.1 Å². The molecule has 0 aliphatic carbocycles. The highest BCUT2D eigenvalue weighted by atomic mass is 14.9. The molecule has 1 aliphatic rings. The highest BCUT2D eigenvalue weighted by Gasteiger charge is 2.15. The first kappa shape index (κ1) is 11.2. The molecule has 1 aromatic heterocycles. The Morgan fingerprint density at radius 3 is 2.56 bits per heavy atom. The summed E-state index contributed by atoms with van der Waals surface area (Å²) in [5, 5.41) is 3.51. The van der Waals surface area contributed by atoms with Gasteiger partial charge in [-0.3, -0.25) is 4.98 Å². The molecular formula is C15H17N3. The van der Waals surface area contributed by atoms with Gasteiger partial charge in [-0.05, 0) is 37.1 Å². The number of hydrogen-bond donors (Lipinski definition) is 2. The van der Waals surface area contributed by atoms with Gasteiger partial charge in [-0.15, -0.1) is 0 Å². The van der Waals surface area contributed by atoms with Crippen molar-refractivity contribution >= 4 is 5.69 Å². The van der Waals surface area contributed by atoms with Crippen LogP contribution in [-0.4, -0.2) is 11.5 Å². The topological polar surface area (TPSA) is 50.9 Å². The molecule has 1 atom stereocenters. The maximum absolute atomic E-state index is 5.64. The number of rotatable bonds is 2. The Bertz CT molecular complexity index is 510. The van der Waals surface area contributed by atoms with Crippen LogP contribution in [-0.2, 0) is 0 Å². The van der Waals surface area contributed by atoms with Crippen LogP contribution in [0.3, 0.4) is 0 Å². The summed E-state index contributed by atoms with van der Waals surface area (Å²) in [6.45, 7) is 1.13. The van der Waals surface area contributed by atoms with Crippen LogP contribution < -0.4 is 11.1 Å². The predicted molar refractivity (Wildman–Crippen MR) is 74.1 cm³/mol. The quantitative estimate of drug-likeness (QED) is 0.847. The summed E-state index contributed by atoms with van der Waals surface area (Å²) in [6, 6.07) is 13.0. The van der Waals surface area contributed by atoms with E-state index in [-0.39, 0.29) is 0 Å². The number of aromatic nitrogens is 1. The van der Waals surface area contributed by atoms with E-state index in [0.29, 0.717) is 11.7 Å². The minimum atomic E-state index is 0.526. The monoisotopic (exact) mass is 239 g/mol. The van der Waals surface area contributed by atoms with Crippen LogP contribution in [0.25, 0.3) is 11.3 Å². The summed E-state index contributed by atoms with van der Waals surface area (Å²) < 4.78 is 0. The molecule has 1 fully saturated rings. The third kappa shape index (κ3) is 2.22. The number of nitrogens with zero attached hydrogens (tertiary/aromatic N) is 1. The maximum atomic E-state index is 5.64. The Morgan fingerprint density at radius 1 is 1.11 bits per heavy atom. The first-order valence-electron chi connectivity index (χ1n) is 6.38. The van der Waals surface area contributed by atoms with E-state index in [2.05, 4.69) is 34.6 Å². The van der Waals surface area contributed by atoms with Crippen LogP contribution in [0, 0.1) is 0 Å². The van der Waals surface area contributed by atoms with Gasteiger partial charge in [0.25, 0.3) is 0 Å². The van der Waals surface area contributed by atoms with Crippen molar-refractivity contribution in [3.8, 4) is 11.3 Å². The summed E-state index contributed by atoms with van der Waals surface area (Å²) in [5.41, 5.74) is 9.81. The van der Waals surface area contributed by atoms with Crippen molar-refractivity contribution in [1.29, 1.82) is 0 Å². The van der Waals surface area contributed by atoms with E-state index in [0.717, 1.165) is 17.8 Å². The Labute approximate surface area is 107 Å². The minimum absolute atomic E-state index is 0.526. The zero-order valence-corrected chi connectivity index (χ0v) is 10.3. The SMILES string of the molecule is Nc1ccc(-c2ccc([C@H]3CCCN3)cc2)nc1. The van der Waals surface area contributed by atoms with Crippen molar-refractivity contribution in [1.82, 2.24) is 10.3 Å². The second kappa shape index (κ2) is 4.78. The molecule has 1 saturated heterocycles. The molecule has 0 unspecified atom stereocenters. The Kier molecular flexibility index (Phi) is 2.99. The maximum Gasteiger partial charge on any atom is 0.0703 e. The van der Waals surface area contributed by atoms with E-state index >= 15 is 0 Å². The number of benzene rings is 1. The molecule has 3 heteroatoms. The number of anilines is 1. The number of nitrogen functional groups attached to an aromatic ring is 1. The Morgan fingerprint density at radius 2 is 1.94 bits per heavy atom. The molecule has 3 nitrogen and oxygen atoms in total. The molecule has 0 amide bonds. The Balaban J connectivity index is 1.84. The standard InChI is InChI=1S/C15H17N3/c16-13-7-8-15(18-10-13)12-5-3-11(4-6-12)14-2-1-9-17-14/h3-8,10,14,17H,1-2,9,16H2/t14-/m1/s1. The molecule has 3 rings (SSSR count). The lowest BCUT2D eigenvalue weighted by molar-refractivity contribution is 0.648. The van der Waals surface area contributed by atoms with E-state index in [9.17, 15) is 0 Å². The van der Waals surface area contributed by atoms with Crippen molar-refractivity contribution in [2.24, 2.45) is 0 Å². The second-order valence-electron chi connectivity index (χ2n) is 4.75. The molecule has 2 aromatic rings. The minimum Gasteiger partial charge on any atom is -0.397 e. The van der Waals surface area contributed by atoms with Crippen LogP contribution in [0.2, 0.25) is 0 Å². The normalized spacial score (nSPS) is 19.0. The van der Waals surface area contributed by atoms with Crippen molar-refractivity contribution in [2.45, 2.75) is 18.9 Å². The molecule has 3 N–H and O–H groups in total. The summed E-state index contributed by atoms with van der Waals surface area (Å²) in [7, 11) is 0. The average Bonchev–Trinajstić information content (AvgIpc) is 2.94. The van der Waals surface area contributed by atoms with Gasteiger partial charge in [0.2, 0.25) is 0 Å². The molecule has 0 bridgehead atoms. The fraction of sp³-hybridized carbons (Fsp3) is 0.267. The molecular weight excluding hydrogens is 222 g/mol. The van der Waals surface area contributed by atoms with Gasteiger partial charge in [-0.1, -0.05) is 24.3 Å². The lowest BCUT2D eigenvalue weighted by Crippen LogP contribution is -2.12. The molecule has 0 saturated carbocycles. The summed E-state index contributed by atoms with van der Waals surface area (Å²) in [4.78, 5) is 4.34. The fourth-order valence-electron chi connectivity index (χ4n) is 2.43. The zero-order valence-electron chi connectivity index (χ0n) is 10.3. The second-order valence-corrected chi connectivity index (χ2v) is 4.75. The van der Waals surface area contributed by atoms with Crippen molar-refractivity contribution in [2.75, 3.05) is 12.3 Å². The lowest BCUT2D eigenvalue weighted by Gasteiger charge is -2.11. The summed E-state index contributed by atoms with van der Waals surface area (Å²) in [6.07, 6.45) is 4.20. The van der Waals surface area contributed by atoms with E-state index in [1.807, 2.05) is 12.1 Å². The van der Waals surface area contributed by atoms with Gasteiger partial charge in [0.1, 0.15) is 0 Å². The van der Waals surface area contributed by atoms with E-state index < -0.39 is 0 Å². The largest absolute Gasteiger partial charge is 0.397 e. The number of nitrogens with two attached hydrogens (primary N) is 1. The van der Waals surface area contributed by atoms with Crippen molar-refractivity contribution in [3.63, 3.8) is 0 Å². The zero-order chi connectivity index (χ0) is 12.4. The average molecular weight is 239 g/mol. The number of nitrogens with one attached hydrogen (secondary N) is 1. The van der Waals surface area contributed by atoms with Gasteiger partial charge in [0, 0.05) is 11.6 Å². The molecule has 18 heavy (non-hydrogen) atoms.